The van der Waals surface area contributed by atoms with E-state index in [1.54, 1.807) is 18.0 Å². The third-order valence-electron chi connectivity index (χ3n) is 2.25. The molecule has 0 fully saturated rings. The summed E-state index contributed by atoms with van der Waals surface area (Å²) in [5.41, 5.74) is 0.966. The quantitative estimate of drug-likeness (QED) is 0.668. The van der Waals surface area contributed by atoms with Gasteiger partial charge in [-0.05, 0) is 49.0 Å². The fourth-order valence-electron chi connectivity index (χ4n) is 1.32. The maximum atomic E-state index is 5.08. The van der Waals surface area contributed by atoms with Gasteiger partial charge in [0.15, 0.2) is 0 Å². The molecule has 1 heterocycles. The van der Waals surface area contributed by atoms with Crippen LogP contribution < -0.4 is 4.74 Å². The van der Waals surface area contributed by atoms with Crippen molar-refractivity contribution in [2.75, 3.05) is 7.11 Å². The number of nitrogens with one attached hydrogen (secondary N) is 1. The fourth-order valence-corrected chi connectivity index (χ4v) is 1.55. The summed E-state index contributed by atoms with van der Waals surface area (Å²) in [5.74, 6) is 1.54. The molecule has 0 aliphatic heterocycles. The number of aryl methyl sites for hydroxylation is 1. The Morgan fingerprint density at radius 3 is 2.65 bits per heavy atom. The monoisotopic (exact) mass is 248 g/mol. The Balaban J connectivity index is 2.23. The molecule has 0 aliphatic carbocycles. The van der Waals surface area contributed by atoms with Gasteiger partial charge in [-0.1, -0.05) is 0 Å². The summed E-state index contributed by atoms with van der Waals surface area (Å²) < 4.78 is 7.12. The van der Waals surface area contributed by atoms with Crippen LogP contribution in [0.4, 0.5) is 0 Å². The molecule has 0 aliphatic rings. The highest BCUT2D eigenvalue weighted by Gasteiger charge is 1.97. The molecule has 6 heteroatoms. The zero-order valence-electron chi connectivity index (χ0n) is 9.54. The molecule has 0 saturated carbocycles. The summed E-state index contributed by atoms with van der Waals surface area (Å²) in [6, 6.07) is 7.59. The number of hydrogen-bond donors (Lipinski definition) is 1. The molecule has 0 saturated heterocycles. The van der Waals surface area contributed by atoms with Crippen LogP contribution >= 0.6 is 12.2 Å². The van der Waals surface area contributed by atoms with E-state index in [0.29, 0.717) is 4.77 Å². The van der Waals surface area contributed by atoms with E-state index in [2.05, 4.69) is 15.3 Å². The first-order valence-corrected chi connectivity index (χ1v) is 5.44. The number of aromatic nitrogens is 3. The number of rotatable bonds is 3. The van der Waals surface area contributed by atoms with Crippen LogP contribution in [0.15, 0.2) is 29.4 Å². The molecule has 17 heavy (non-hydrogen) atoms. The van der Waals surface area contributed by atoms with Crippen molar-refractivity contribution in [3.05, 3.63) is 40.4 Å². The highest BCUT2D eigenvalue weighted by Crippen LogP contribution is 2.09. The van der Waals surface area contributed by atoms with Gasteiger partial charge in [-0.3, -0.25) is 5.10 Å². The van der Waals surface area contributed by atoms with Crippen molar-refractivity contribution >= 4 is 18.4 Å². The van der Waals surface area contributed by atoms with Crippen LogP contribution in [0, 0.1) is 11.7 Å². The first-order chi connectivity index (χ1) is 8.20. The SMILES string of the molecule is COc1ccc(/C=N\n2c(C)n[nH]c2=S)cc1. The Kier molecular flexibility index (Phi) is 3.34. The van der Waals surface area contributed by atoms with Crippen LogP contribution in [0.3, 0.4) is 0 Å². The number of hydrogen-bond acceptors (Lipinski definition) is 4. The number of H-pyrrole nitrogens is 1. The third-order valence-corrected chi connectivity index (χ3v) is 2.51. The van der Waals surface area contributed by atoms with E-state index in [1.165, 1.54) is 0 Å². The van der Waals surface area contributed by atoms with E-state index in [-0.39, 0.29) is 0 Å². The Labute approximate surface area is 104 Å². The van der Waals surface area contributed by atoms with Crippen LogP contribution in [0.25, 0.3) is 0 Å². The lowest BCUT2D eigenvalue weighted by atomic mass is 10.2. The van der Waals surface area contributed by atoms with Crippen molar-refractivity contribution in [2.24, 2.45) is 5.10 Å². The third kappa shape index (κ3) is 2.59. The predicted octanol–water partition coefficient (Wildman–Crippen LogP) is 2.14. The van der Waals surface area contributed by atoms with Crippen molar-refractivity contribution in [1.82, 2.24) is 14.9 Å². The highest BCUT2D eigenvalue weighted by molar-refractivity contribution is 7.71. The maximum absolute atomic E-state index is 5.08. The van der Waals surface area contributed by atoms with E-state index in [4.69, 9.17) is 17.0 Å². The first kappa shape index (κ1) is 11.5. The molecule has 88 valence electrons. The van der Waals surface area contributed by atoms with Gasteiger partial charge in [0.05, 0.1) is 13.3 Å². The smallest absolute Gasteiger partial charge is 0.216 e. The van der Waals surface area contributed by atoms with Crippen LogP contribution in [-0.4, -0.2) is 28.2 Å². The number of benzene rings is 1. The van der Waals surface area contributed by atoms with Crippen LogP contribution in [-0.2, 0) is 0 Å². The molecular formula is C11H12N4OS. The number of ether oxygens (including phenoxy) is 1. The van der Waals surface area contributed by atoms with Gasteiger partial charge in [0.2, 0.25) is 4.77 Å². The van der Waals surface area contributed by atoms with Gasteiger partial charge >= 0.3 is 0 Å². The van der Waals surface area contributed by atoms with E-state index in [1.807, 2.05) is 31.2 Å². The second-order valence-corrected chi connectivity index (χ2v) is 3.79. The summed E-state index contributed by atoms with van der Waals surface area (Å²) in [4.78, 5) is 0. The molecule has 0 amide bonds. The molecule has 2 aromatic rings. The molecule has 1 aromatic carbocycles. The van der Waals surface area contributed by atoms with Gasteiger partial charge < -0.3 is 4.74 Å². The number of aromatic amines is 1. The topological polar surface area (TPSA) is 55.2 Å². The van der Waals surface area contributed by atoms with Crippen molar-refractivity contribution in [1.29, 1.82) is 0 Å². The minimum Gasteiger partial charge on any atom is -0.497 e. The van der Waals surface area contributed by atoms with Gasteiger partial charge in [0.1, 0.15) is 11.6 Å². The molecule has 1 N–H and O–H groups in total. The largest absolute Gasteiger partial charge is 0.497 e. The first-order valence-electron chi connectivity index (χ1n) is 5.03. The second-order valence-electron chi connectivity index (χ2n) is 3.41. The number of methoxy groups -OCH3 is 1. The molecular weight excluding hydrogens is 236 g/mol. The molecule has 0 radical (unpaired) electrons. The van der Waals surface area contributed by atoms with Gasteiger partial charge in [0, 0.05) is 0 Å². The van der Waals surface area contributed by atoms with Crippen LogP contribution in [0.2, 0.25) is 0 Å². The standard InChI is InChI=1S/C11H12N4OS/c1-8-13-14-11(17)15(8)12-7-9-3-5-10(16-2)6-4-9/h3-7H,1-2H3,(H,14,17)/b12-7-. The van der Waals surface area contributed by atoms with E-state index in [9.17, 15) is 0 Å². The van der Waals surface area contributed by atoms with Crippen molar-refractivity contribution in [3.63, 3.8) is 0 Å². The lowest BCUT2D eigenvalue weighted by Crippen LogP contribution is -1.93. The van der Waals surface area contributed by atoms with E-state index >= 15 is 0 Å². The minimum atomic E-state index is 0.479. The second kappa shape index (κ2) is 4.92. The molecule has 0 unspecified atom stereocenters. The van der Waals surface area contributed by atoms with Gasteiger partial charge in [-0.25, -0.2) is 0 Å². The minimum absolute atomic E-state index is 0.479. The normalized spacial score (nSPS) is 10.9. The van der Waals surface area contributed by atoms with Crippen LogP contribution in [0.5, 0.6) is 5.75 Å². The lowest BCUT2D eigenvalue weighted by Gasteiger charge is -1.99. The average molecular weight is 248 g/mol. The predicted molar refractivity (Wildman–Crippen MR) is 68.1 cm³/mol. The van der Waals surface area contributed by atoms with Gasteiger partial charge in [-0.2, -0.15) is 14.9 Å². The molecule has 0 atom stereocenters. The summed E-state index contributed by atoms with van der Waals surface area (Å²) in [7, 11) is 1.64. The molecule has 0 bridgehead atoms. The molecule has 2 rings (SSSR count). The maximum Gasteiger partial charge on any atom is 0.216 e. The van der Waals surface area contributed by atoms with Gasteiger partial charge in [-0.15, -0.1) is 0 Å². The Hall–Kier alpha value is -1.95. The van der Waals surface area contributed by atoms with E-state index in [0.717, 1.165) is 17.1 Å². The van der Waals surface area contributed by atoms with Crippen molar-refractivity contribution in [3.8, 4) is 5.75 Å². The Morgan fingerprint density at radius 1 is 1.41 bits per heavy atom. The average Bonchev–Trinajstić information content (AvgIpc) is 2.67. The molecule has 5 nitrogen and oxygen atoms in total. The lowest BCUT2D eigenvalue weighted by molar-refractivity contribution is 0.415. The summed E-state index contributed by atoms with van der Waals surface area (Å²) >= 11 is 5.04. The van der Waals surface area contributed by atoms with Crippen LogP contribution in [0.1, 0.15) is 11.4 Å². The molecule has 1 aromatic heterocycles. The summed E-state index contributed by atoms with van der Waals surface area (Å²) in [5, 5.41) is 10.9. The van der Waals surface area contributed by atoms with Crippen molar-refractivity contribution in [2.45, 2.75) is 6.92 Å². The van der Waals surface area contributed by atoms with Crippen molar-refractivity contribution < 1.29 is 4.74 Å². The van der Waals surface area contributed by atoms with E-state index < -0.39 is 0 Å². The highest BCUT2D eigenvalue weighted by atomic mass is 32.1. The molecule has 0 spiro atoms. The zero-order valence-corrected chi connectivity index (χ0v) is 10.4. The Morgan fingerprint density at radius 2 is 2.12 bits per heavy atom. The summed E-state index contributed by atoms with van der Waals surface area (Å²) in [6.45, 7) is 1.83. The summed E-state index contributed by atoms with van der Waals surface area (Å²) in [6.07, 6.45) is 1.72. The number of nitrogens with zero attached hydrogens (tertiary/aromatic N) is 3. The van der Waals surface area contributed by atoms with Gasteiger partial charge in [0.25, 0.3) is 0 Å². The Bertz CT molecular complexity index is 582. The fraction of sp³-hybridized carbons (Fsp3) is 0.182. The zero-order chi connectivity index (χ0) is 12.3.